The monoisotopic (exact) mass is 232 g/mol. The van der Waals surface area contributed by atoms with Gasteiger partial charge in [0.15, 0.2) is 0 Å². The average molecular weight is 232 g/mol. The van der Waals surface area contributed by atoms with E-state index in [-0.39, 0.29) is 25.6 Å². The Balaban J connectivity index is 2.48. The standard InChI is InChI=1S/C10H20N2O4/c11-7-10(1-3-16-4-2-10)9(15)12-5-8(14)6-13/h8,13-14H,1-7,11H2,(H,12,15). The highest BCUT2D eigenvalue weighted by Crippen LogP contribution is 2.29. The summed E-state index contributed by atoms with van der Waals surface area (Å²) in [4.78, 5) is 11.9. The van der Waals surface area contributed by atoms with Crippen LogP contribution >= 0.6 is 0 Å². The van der Waals surface area contributed by atoms with Gasteiger partial charge in [0.25, 0.3) is 0 Å². The third-order valence-electron chi connectivity index (χ3n) is 3.03. The van der Waals surface area contributed by atoms with Crippen LogP contribution in [0.2, 0.25) is 0 Å². The normalized spacial score (nSPS) is 21.4. The van der Waals surface area contributed by atoms with E-state index in [2.05, 4.69) is 5.32 Å². The molecule has 5 N–H and O–H groups in total. The maximum absolute atomic E-state index is 11.9. The fourth-order valence-electron chi connectivity index (χ4n) is 1.75. The van der Waals surface area contributed by atoms with Gasteiger partial charge in [-0.05, 0) is 12.8 Å². The summed E-state index contributed by atoms with van der Waals surface area (Å²) >= 11 is 0. The number of hydrogen-bond donors (Lipinski definition) is 4. The first-order valence-corrected chi connectivity index (χ1v) is 5.49. The zero-order chi connectivity index (χ0) is 12.0. The molecule has 1 fully saturated rings. The smallest absolute Gasteiger partial charge is 0.227 e. The molecule has 0 spiro atoms. The van der Waals surface area contributed by atoms with Crippen LogP contribution in [0.5, 0.6) is 0 Å². The van der Waals surface area contributed by atoms with Gasteiger partial charge in [-0.15, -0.1) is 0 Å². The summed E-state index contributed by atoms with van der Waals surface area (Å²) in [6.45, 7) is 1.04. The van der Waals surface area contributed by atoms with Gasteiger partial charge >= 0.3 is 0 Å². The number of hydrogen-bond acceptors (Lipinski definition) is 5. The highest BCUT2D eigenvalue weighted by molar-refractivity contribution is 5.83. The molecule has 0 aromatic heterocycles. The van der Waals surface area contributed by atoms with E-state index in [0.29, 0.717) is 26.1 Å². The van der Waals surface area contributed by atoms with Crippen molar-refractivity contribution in [3.8, 4) is 0 Å². The van der Waals surface area contributed by atoms with Crippen LogP contribution in [0, 0.1) is 5.41 Å². The van der Waals surface area contributed by atoms with Crippen molar-refractivity contribution in [1.82, 2.24) is 5.32 Å². The number of rotatable bonds is 5. The first-order chi connectivity index (χ1) is 7.64. The van der Waals surface area contributed by atoms with E-state index in [1.165, 1.54) is 0 Å². The van der Waals surface area contributed by atoms with Gasteiger partial charge in [-0.1, -0.05) is 0 Å². The van der Waals surface area contributed by atoms with Gasteiger partial charge in [0, 0.05) is 26.3 Å². The Morgan fingerprint density at radius 3 is 2.62 bits per heavy atom. The molecular formula is C10H20N2O4. The molecule has 1 heterocycles. The predicted molar refractivity (Wildman–Crippen MR) is 57.6 cm³/mol. The van der Waals surface area contributed by atoms with Crippen molar-refractivity contribution >= 4 is 5.91 Å². The van der Waals surface area contributed by atoms with E-state index in [1.54, 1.807) is 0 Å². The summed E-state index contributed by atoms with van der Waals surface area (Å²) < 4.78 is 5.20. The van der Waals surface area contributed by atoms with Gasteiger partial charge in [0.1, 0.15) is 0 Å². The second-order valence-electron chi connectivity index (χ2n) is 4.14. The highest BCUT2D eigenvalue weighted by atomic mass is 16.5. The molecular weight excluding hydrogens is 212 g/mol. The quantitative estimate of drug-likeness (QED) is 0.448. The van der Waals surface area contributed by atoms with Crippen molar-refractivity contribution < 1.29 is 19.7 Å². The van der Waals surface area contributed by atoms with E-state index in [1.807, 2.05) is 0 Å². The predicted octanol–water partition coefficient (Wildman–Crippen LogP) is -1.79. The second kappa shape index (κ2) is 6.15. The zero-order valence-corrected chi connectivity index (χ0v) is 9.32. The van der Waals surface area contributed by atoms with Gasteiger partial charge in [0.05, 0.1) is 18.1 Å². The summed E-state index contributed by atoms with van der Waals surface area (Å²) in [5.74, 6) is -0.161. The SMILES string of the molecule is NCC1(C(=O)NCC(O)CO)CCOCC1. The molecule has 0 aromatic rings. The van der Waals surface area contributed by atoms with E-state index in [0.717, 1.165) is 0 Å². The average Bonchev–Trinajstić information content (AvgIpc) is 2.36. The van der Waals surface area contributed by atoms with Crippen LogP contribution in [-0.2, 0) is 9.53 Å². The Morgan fingerprint density at radius 1 is 1.50 bits per heavy atom. The van der Waals surface area contributed by atoms with Crippen LogP contribution < -0.4 is 11.1 Å². The Kier molecular flexibility index (Phi) is 5.14. The van der Waals surface area contributed by atoms with Gasteiger partial charge in [0.2, 0.25) is 5.91 Å². The summed E-state index contributed by atoms with van der Waals surface area (Å²) in [6, 6.07) is 0. The fourth-order valence-corrected chi connectivity index (χ4v) is 1.75. The fraction of sp³-hybridized carbons (Fsp3) is 0.900. The molecule has 1 aliphatic rings. The van der Waals surface area contributed by atoms with Crippen LogP contribution in [0.15, 0.2) is 0 Å². The third-order valence-corrected chi connectivity index (χ3v) is 3.03. The number of ether oxygens (including phenoxy) is 1. The van der Waals surface area contributed by atoms with Crippen molar-refractivity contribution in [1.29, 1.82) is 0 Å². The van der Waals surface area contributed by atoms with Crippen molar-refractivity contribution in [3.63, 3.8) is 0 Å². The molecule has 94 valence electrons. The highest BCUT2D eigenvalue weighted by Gasteiger charge is 2.38. The van der Waals surface area contributed by atoms with Gasteiger partial charge in [-0.3, -0.25) is 4.79 Å². The van der Waals surface area contributed by atoms with Gasteiger partial charge in [-0.25, -0.2) is 0 Å². The summed E-state index contributed by atoms with van der Waals surface area (Å²) in [5.41, 5.74) is 5.07. The molecule has 1 amide bonds. The van der Waals surface area contributed by atoms with Crippen molar-refractivity contribution in [2.75, 3.05) is 32.9 Å². The van der Waals surface area contributed by atoms with Crippen molar-refractivity contribution in [2.24, 2.45) is 11.1 Å². The van der Waals surface area contributed by atoms with Crippen LogP contribution in [0.4, 0.5) is 0 Å². The maximum Gasteiger partial charge on any atom is 0.227 e. The molecule has 0 aliphatic carbocycles. The lowest BCUT2D eigenvalue weighted by Gasteiger charge is -2.34. The molecule has 1 atom stereocenters. The molecule has 1 unspecified atom stereocenters. The molecule has 16 heavy (non-hydrogen) atoms. The number of amides is 1. The van der Waals surface area contributed by atoms with E-state index in [4.69, 9.17) is 20.7 Å². The Morgan fingerprint density at radius 2 is 2.12 bits per heavy atom. The second-order valence-corrected chi connectivity index (χ2v) is 4.14. The van der Waals surface area contributed by atoms with Crippen LogP contribution in [0.25, 0.3) is 0 Å². The molecule has 0 saturated carbocycles. The first kappa shape index (κ1) is 13.4. The molecule has 1 aliphatic heterocycles. The molecule has 6 heteroatoms. The van der Waals surface area contributed by atoms with Crippen molar-refractivity contribution in [2.45, 2.75) is 18.9 Å². The lowest BCUT2D eigenvalue weighted by atomic mass is 9.79. The summed E-state index contributed by atoms with van der Waals surface area (Å²) in [6.07, 6.45) is 0.286. The largest absolute Gasteiger partial charge is 0.394 e. The van der Waals surface area contributed by atoms with Gasteiger partial charge in [-0.2, -0.15) is 0 Å². The molecule has 1 rings (SSSR count). The minimum atomic E-state index is -0.918. The number of nitrogens with two attached hydrogens (primary N) is 1. The minimum Gasteiger partial charge on any atom is -0.394 e. The lowest BCUT2D eigenvalue weighted by Crippen LogP contribution is -2.50. The topological polar surface area (TPSA) is 105 Å². The summed E-state index contributed by atoms with van der Waals surface area (Å²) in [5, 5.41) is 20.4. The first-order valence-electron chi connectivity index (χ1n) is 5.49. The number of aliphatic hydroxyl groups is 2. The van der Waals surface area contributed by atoms with Crippen LogP contribution in [0.3, 0.4) is 0 Å². The molecule has 0 aromatic carbocycles. The van der Waals surface area contributed by atoms with Crippen LogP contribution in [0.1, 0.15) is 12.8 Å². The van der Waals surface area contributed by atoms with Crippen molar-refractivity contribution in [3.05, 3.63) is 0 Å². The number of carbonyl (C=O) groups excluding carboxylic acids is 1. The Labute approximate surface area is 94.8 Å². The van der Waals surface area contributed by atoms with E-state index < -0.39 is 11.5 Å². The zero-order valence-electron chi connectivity index (χ0n) is 9.32. The third kappa shape index (κ3) is 3.15. The van der Waals surface area contributed by atoms with E-state index in [9.17, 15) is 4.79 Å². The molecule has 0 bridgehead atoms. The Hall–Kier alpha value is -0.690. The lowest BCUT2D eigenvalue weighted by molar-refractivity contribution is -0.136. The number of carbonyl (C=O) groups is 1. The maximum atomic E-state index is 11.9. The molecule has 0 radical (unpaired) electrons. The molecule has 6 nitrogen and oxygen atoms in total. The minimum absolute atomic E-state index is 0.0535. The Bertz CT molecular complexity index is 229. The van der Waals surface area contributed by atoms with Crippen LogP contribution in [-0.4, -0.2) is 55.1 Å². The molecule has 1 saturated heterocycles. The number of aliphatic hydroxyl groups excluding tert-OH is 2. The summed E-state index contributed by atoms with van der Waals surface area (Å²) in [7, 11) is 0. The van der Waals surface area contributed by atoms with Gasteiger partial charge < -0.3 is 26.0 Å². The number of nitrogens with one attached hydrogen (secondary N) is 1. The van der Waals surface area contributed by atoms with E-state index >= 15 is 0 Å².